The molecule has 1 aromatic heterocycles. The summed E-state index contributed by atoms with van der Waals surface area (Å²) >= 11 is 0. The van der Waals surface area contributed by atoms with Gasteiger partial charge in [-0.3, -0.25) is 10.1 Å². The number of hydrogen-bond donors (Lipinski definition) is 1. The first-order valence-corrected chi connectivity index (χ1v) is 7.27. The average Bonchev–Trinajstić information content (AvgIpc) is 3.10. The number of para-hydroxylation sites is 2. The van der Waals surface area contributed by atoms with Crippen molar-refractivity contribution in [3.05, 3.63) is 36.4 Å². The molecule has 0 unspecified atom stereocenters. The number of fused-ring (bicyclic) bond motifs is 1. The van der Waals surface area contributed by atoms with Crippen LogP contribution in [-0.4, -0.2) is 42.0 Å². The van der Waals surface area contributed by atoms with Gasteiger partial charge >= 0.3 is 6.01 Å². The van der Waals surface area contributed by atoms with E-state index in [0.717, 1.165) is 0 Å². The van der Waals surface area contributed by atoms with Gasteiger partial charge in [0, 0.05) is 0 Å². The van der Waals surface area contributed by atoms with Gasteiger partial charge in [-0.15, -0.1) is 5.10 Å². The fraction of sp³-hybridized carbons (Fsp3) is 0.267. The van der Waals surface area contributed by atoms with Crippen LogP contribution in [0.5, 0.6) is 11.5 Å². The number of hydrogen-bond acceptors (Lipinski definition) is 8. The summed E-state index contributed by atoms with van der Waals surface area (Å²) in [7, 11) is 0. The molecule has 124 valence electrons. The molecule has 2 aromatic rings. The number of ether oxygens (including phenoxy) is 4. The first-order chi connectivity index (χ1) is 11.8. The van der Waals surface area contributed by atoms with E-state index in [1.807, 2.05) is 6.07 Å². The molecule has 0 fully saturated rings. The van der Waals surface area contributed by atoms with Gasteiger partial charge in [0.15, 0.2) is 11.5 Å². The molecule has 2 aliphatic rings. The summed E-state index contributed by atoms with van der Waals surface area (Å²) in [5.74, 6) is 1.10. The summed E-state index contributed by atoms with van der Waals surface area (Å²) in [4.78, 5) is 12.2. The lowest BCUT2D eigenvalue weighted by Gasteiger charge is -2.24. The topological polar surface area (TPSA) is 105 Å². The lowest BCUT2D eigenvalue weighted by Crippen LogP contribution is -2.40. The van der Waals surface area contributed by atoms with Crippen molar-refractivity contribution in [3.63, 3.8) is 0 Å². The Kier molecular flexibility index (Phi) is 3.66. The SMILES string of the molecule is O=C(Nc1nnc(C2=COCCO2)o1)[C@H]1COc2ccccc2O1. The van der Waals surface area contributed by atoms with Gasteiger partial charge in [-0.25, -0.2) is 0 Å². The molecular weight excluding hydrogens is 318 g/mol. The largest absolute Gasteiger partial charge is 0.494 e. The van der Waals surface area contributed by atoms with Crippen LogP contribution >= 0.6 is 0 Å². The number of anilines is 1. The van der Waals surface area contributed by atoms with E-state index in [9.17, 15) is 4.79 Å². The quantitative estimate of drug-likeness (QED) is 0.894. The number of aromatic nitrogens is 2. The Morgan fingerprint density at radius 2 is 2.00 bits per heavy atom. The van der Waals surface area contributed by atoms with Crippen molar-refractivity contribution in [2.24, 2.45) is 0 Å². The van der Waals surface area contributed by atoms with Gasteiger partial charge in [0.1, 0.15) is 26.1 Å². The van der Waals surface area contributed by atoms with Crippen LogP contribution < -0.4 is 14.8 Å². The first kappa shape index (κ1) is 14.4. The molecular formula is C15H13N3O6. The summed E-state index contributed by atoms with van der Waals surface area (Å²) < 4.78 is 26.9. The predicted octanol–water partition coefficient (Wildman–Crippen LogP) is 1.19. The second-order valence-corrected chi connectivity index (χ2v) is 4.97. The predicted molar refractivity (Wildman–Crippen MR) is 79.2 cm³/mol. The second-order valence-electron chi connectivity index (χ2n) is 4.97. The minimum absolute atomic E-state index is 0.0625. The molecule has 1 atom stereocenters. The smallest absolute Gasteiger partial charge is 0.322 e. The lowest BCUT2D eigenvalue weighted by molar-refractivity contribution is -0.125. The normalized spacial score (nSPS) is 18.8. The van der Waals surface area contributed by atoms with Crippen molar-refractivity contribution in [3.8, 4) is 11.5 Å². The number of nitrogens with one attached hydrogen (secondary N) is 1. The molecule has 9 nitrogen and oxygen atoms in total. The zero-order valence-corrected chi connectivity index (χ0v) is 12.4. The molecule has 0 bridgehead atoms. The molecule has 0 radical (unpaired) electrons. The summed E-state index contributed by atoms with van der Waals surface area (Å²) in [6.07, 6.45) is 0.571. The minimum Gasteiger partial charge on any atom is -0.494 e. The molecule has 0 saturated carbocycles. The van der Waals surface area contributed by atoms with E-state index in [1.54, 1.807) is 18.2 Å². The summed E-state index contributed by atoms with van der Waals surface area (Å²) in [6, 6.07) is 7.06. The van der Waals surface area contributed by atoms with Gasteiger partial charge in [0.05, 0.1) is 0 Å². The second kappa shape index (κ2) is 6.11. The van der Waals surface area contributed by atoms with E-state index < -0.39 is 12.0 Å². The van der Waals surface area contributed by atoms with Crippen molar-refractivity contribution in [2.45, 2.75) is 6.10 Å². The molecule has 3 heterocycles. The third kappa shape index (κ3) is 2.83. The maximum Gasteiger partial charge on any atom is 0.322 e. The highest BCUT2D eigenvalue weighted by Crippen LogP contribution is 2.31. The van der Waals surface area contributed by atoms with E-state index in [-0.39, 0.29) is 18.5 Å². The molecule has 2 aliphatic heterocycles. The number of rotatable bonds is 3. The van der Waals surface area contributed by atoms with Crippen LogP contribution in [0.3, 0.4) is 0 Å². The number of benzene rings is 1. The van der Waals surface area contributed by atoms with Crippen LogP contribution in [0, 0.1) is 0 Å². The Labute approximate surface area is 136 Å². The molecule has 4 rings (SSSR count). The molecule has 0 saturated heterocycles. The van der Waals surface area contributed by atoms with E-state index >= 15 is 0 Å². The summed E-state index contributed by atoms with van der Waals surface area (Å²) in [5, 5.41) is 10.0. The Morgan fingerprint density at radius 3 is 2.83 bits per heavy atom. The Balaban J connectivity index is 1.42. The molecule has 1 N–H and O–H groups in total. The Morgan fingerprint density at radius 1 is 1.12 bits per heavy atom. The van der Waals surface area contributed by atoms with Crippen molar-refractivity contribution in [1.82, 2.24) is 10.2 Å². The van der Waals surface area contributed by atoms with Crippen molar-refractivity contribution in [1.29, 1.82) is 0 Å². The van der Waals surface area contributed by atoms with Gasteiger partial charge < -0.3 is 23.4 Å². The first-order valence-electron chi connectivity index (χ1n) is 7.27. The van der Waals surface area contributed by atoms with Gasteiger partial charge in [0.2, 0.25) is 11.9 Å². The molecule has 0 spiro atoms. The maximum absolute atomic E-state index is 12.2. The van der Waals surface area contributed by atoms with E-state index in [4.69, 9.17) is 23.4 Å². The highest BCUT2D eigenvalue weighted by molar-refractivity contribution is 5.93. The maximum atomic E-state index is 12.2. The summed E-state index contributed by atoms with van der Waals surface area (Å²) in [6.45, 7) is 0.941. The Bertz CT molecular complexity index is 787. The summed E-state index contributed by atoms with van der Waals surface area (Å²) in [5.41, 5.74) is 0. The number of carbonyl (C=O) groups excluding carboxylic acids is 1. The molecule has 24 heavy (non-hydrogen) atoms. The standard InChI is InChI=1S/C15H13N3O6/c19-13(11-8-22-9-3-1-2-4-10(9)23-11)16-15-18-17-14(24-15)12-7-20-5-6-21-12/h1-4,7,11H,5-6,8H2,(H,16,18,19)/t11-/m1/s1. The highest BCUT2D eigenvalue weighted by Gasteiger charge is 2.28. The zero-order chi connectivity index (χ0) is 16.4. The van der Waals surface area contributed by atoms with Gasteiger partial charge in [0.25, 0.3) is 11.8 Å². The fourth-order valence-corrected chi connectivity index (χ4v) is 2.19. The van der Waals surface area contributed by atoms with Crippen molar-refractivity contribution < 1.29 is 28.2 Å². The van der Waals surface area contributed by atoms with E-state index in [0.29, 0.717) is 30.5 Å². The van der Waals surface area contributed by atoms with Crippen LogP contribution in [0.2, 0.25) is 0 Å². The molecule has 9 heteroatoms. The van der Waals surface area contributed by atoms with Crippen LogP contribution in [0.1, 0.15) is 5.89 Å². The lowest BCUT2D eigenvalue weighted by atomic mass is 10.2. The number of amides is 1. The molecule has 1 aromatic carbocycles. The third-order valence-corrected chi connectivity index (χ3v) is 3.32. The van der Waals surface area contributed by atoms with Gasteiger partial charge in [-0.05, 0) is 12.1 Å². The zero-order valence-electron chi connectivity index (χ0n) is 12.4. The number of carbonyl (C=O) groups is 1. The average molecular weight is 331 g/mol. The van der Waals surface area contributed by atoms with Crippen LogP contribution in [-0.2, 0) is 14.3 Å². The van der Waals surface area contributed by atoms with Gasteiger partial charge in [-0.2, -0.15) is 0 Å². The van der Waals surface area contributed by atoms with Gasteiger partial charge in [-0.1, -0.05) is 17.2 Å². The van der Waals surface area contributed by atoms with Crippen molar-refractivity contribution >= 4 is 17.7 Å². The van der Waals surface area contributed by atoms with Crippen LogP contribution in [0.25, 0.3) is 5.76 Å². The van der Waals surface area contributed by atoms with Crippen LogP contribution in [0.4, 0.5) is 6.01 Å². The highest BCUT2D eigenvalue weighted by atomic mass is 16.6. The number of nitrogens with zero attached hydrogens (tertiary/aromatic N) is 2. The van der Waals surface area contributed by atoms with Crippen LogP contribution in [0.15, 0.2) is 34.9 Å². The Hall–Kier alpha value is -3.23. The fourth-order valence-electron chi connectivity index (χ4n) is 2.19. The van der Waals surface area contributed by atoms with Crippen molar-refractivity contribution in [2.75, 3.05) is 25.1 Å². The van der Waals surface area contributed by atoms with E-state index in [2.05, 4.69) is 15.5 Å². The minimum atomic E-state index is -0.816. The monoisotopic (exact) mass is 331 g/mol. The molecule has 0 aliphatic carbocycles. The molecule has 1 amide bonds. The van der Waals surface area contributed by atoms with E-state index in [1.165, 1.54) is 6.26 Å². The third-order valence-electron chi connectivity index (χ3n) is 3.32.